The van der Waals surface area contributed by atoms with Crippen molar-refractivity contribution in [1.82, 2.24) is 5.32 Å². The van der Waals surface area contributed by atoms with Gasteiger partial charge in [0.25, 0.3) is 0 Å². The largest absolute Gasteiger partial charge is 0.481 e. The lowest BCUT2D eigenvalue weighted by Crippen LogP contribution is -2.39. The average Bonchev–Trinajstić information content (AvgIpc) is 2.37. The normalized spacial score (nSPS) is 11.2. The summed E-state index contributed by atoms with van der Waals surface area (Å²) in [6.45, 7) is 1.77. The second-order valence-corrected chi connectivity index (χ2v) is 4.54. The fourth-order valence-corrected chi connectivity index (χ4v) is 1.74. The Labute approximate surface area is 121 Å². The van der Waals surface area contributed by atoms with Crippen LogP contribution < -0.4 is 10.6 Å². The van der Waals surface area contributed by atoms with Gasteiger partial charge in [-0.2, -0.15) is 5.26 Å². The molecule has 0 bridgehead atoms. The standard InChI is InChI=1S/C13H14ClN3O3/c1-2-10(6-12(18)19)16-13(20)17-11-5-9(14)4-3-8(11)7-15/h3-5,10H,2,6H2,1H3,(H,18,19)(H2,16,17,20). The molecule has 0 aromatic heterocycles. The highest BCUT2D eigenvalue weighted by molar-refractivity contribution is 6.31. The summed E-state index contributed by atoms with van der Waals surface area (Å²) in [6.07, 6.45) is 0.324. The monoisotopic (exact) mass is 295 g/mol. The van der Waals surface area contributed by atoms with Crippen LogP contribution in [0.5, 0.6) is 0 Å². The molecule has 0 fully saturated rings. The SMILES string of the molecule is CCC(CC(=O)O)NC(=O)Nc1cc(Cl)ccc1C#N. The van der Waals surface area contributed by atoms with Gasteiger partial charge in [-0.1, -0.05) is 18.5 Å². The van der Waals surface area contributed by atoms with Crippen LogP contribution in [-0.2, 0) is 4.79 Å². The number of urea groups is 1. The predicted octanol–water partition coefficient (Wildman–Crippen LogP) is 2.59. The quantitative estimate of drug-likeness (QED) is 0.777. The zero-order valence-corrected chi connectivity index (χ0v) is 11.6. The zero-order valence-electron chi connectivity index (χ0n) is 10.8. The Bertz CT molecular complexity index is 554. The molecule has 0 saturated carbocycles. The molecule has 0 saturated heterocycles. The van der Waals surface area contributed by atoms with Gasteiger partial charge in [0.1, 0.15) is 6.07 Å². The molecule has 20 heavy (non-hydrogen) atoms. The molecular formula is C13H14ClN3O3. The number of benzene rings is 1. The molecule has 0 aliphatic rings. The molecule has 2 amide bonds. The third kappa shape index (κ3) is 4.78. The molecule has 1 aromatic carbocycles. The number of hydrogen-bond donors (Lipinski definition) is 3. The van der Waals surface area contributed by atoms with Gasteiger partial charge in [0, 0.05) is 11.1 Å². The highest BCUT2D eigenvalue weighted by Gasteiger charge is 2.15. The van der Waals surface area contributed by atoms with Gasteiger partial charge in [0.2, 0.25) is 0 Å². The van der Waals surface area contributed by atoms with Crippen LogP contribution in [0.1, 0.15) is 25.3 Å². The second-order valence-electron chi connectivity index (χ2n) is 4.10. The topological polar surface area (TPSA) is 102 Å². The summed E-state index contributed by atoms with van der Waals surface area (Å²) in [5.74, 6) is -0.988. The Morgan fingerprint density at radius 1 is 1.50 bits per heavy atom. The molecule has 3 N–H and O–H groups in total. The summed E-state index contributed by atoms with van der Waals surface area (Å²) >= 11 is 5.80. The lowest BCUT2D eigenvalue weighted by atomic mass is 10.1. The summed E-state index contributed by atoms with van der Waals surface area (Å²) in [5.41, 5.74) is 0.554. The van der Waals surface area contributed by atoms with E-state index in [-0.39, 0.29) is 17.7 Å². The molecule has 0 spiro atoms. The van der Waals surface area contributed by atoms with E-state index in [4.69, 9.17) is 22.0 Å². The van der Waals surface area contributed by atoms with Crippen LogP contribution in [0.25, 0.3) is 0 Å². The van der Waals surface area contributed by atoms with Crippen molar-refractivity contribution in [3.05, 3.63) is 28.8 Å². The first-order valence-electron chi connectivity index (χ1n) is 5.95. The number of rotatable bonds is 5. The van der Waals surface area contributed by atoms with Gasteiger partial charge in [-0.3, -0.25) is 4.79 Å². The third-order valence-electron chi connectivity index (χ3n) is 2.60. The Kier molecular flexibility index (Phi) is 5.81. The minimum Gasteiger partial charge on any atom is -0.481 e. The van der Waals surface area contributed by atoms with E-state index in [0.29, 0.717) is 11.4 Å². The molecule has 7 heteroatoms. The van der Waals surface area contributed by atoms with Crippen LogP contribution in [0.4, 0.5) is 10.5 Å². The molecule has 1 rings (SSSR count). The first kappa shape index (κ1) is 15.8. The van der Waals surface area contributed by atoms with Crippen LogP contribution in [-0.4, -0.2) is 23.1 Å². The molecule has 1 aromatic rings. The van der Waals surface area contributed by atoms with Crippen LogP contribution >= 0.6 is 11.6 Å². The van der Waals surface area contributed by atoms with Crippen molar-refractivity contribution in [2.24, 2.45) is 0 Å². The summed E-state index contributed by atoms with van der Waals surface area (Å²) in [5, 5.41) is 23.0. The highest BCUT2D eigenvalue weighted by Crippen LogP contribution is 2.20. The van der Waals surface area contributed by atoms with Crippen molar-refractivity contribution in [2.45, 2.75) is 25.8 Å². The fraction of sp³-hybridized carbons (Fsp3) is 0.308. The van der Waals surface area contributed by atoms with Crippen LogP contribution in [0.2, 0.25) is 5.02 Å². The van der Waals surface area contributed by atoms with Gasteiger partial charge in [0.05, 0.1) is 17.7 Å². The molecule has 1 unspecified atom stereocenters. The van der Waals surface area contributed by atoms with Gasteiger partial charge < -0.3 is 15.7 Å². The van der Waals surface area contributed by atoms with Crippen LogP contribution in [0, 0.1) is 11.3 Å². The minimum absolute atomic E-state index is 0.162. The Morgan fingerprint density at radius 2 is 2.20 bits per heavy atom. The molecule has 106 valence electrons. The van der Waals surface area contributed by atoms with Gasteiger partial charge in [0.15, 0.2) is 0 Å². The second kappa shape index (κ2) is 7.36. The number of carboxylic acid groups (broad SMARTS) is 1. The Morgan fingerprint density at radius 3 is 2.75 bits per heavy atom. The van der Waals surface area contributed by atoms with Crippen molar-refractivity contribution in [3.8, 4) is 6.07 Å². The van der Waals surface area contributed by atoms with Crippen LogP contribution in [0.3, 0.4) is 0 Å². The number of carbonyl (C=O) groups is 2. The van der Waals surface area contributed by atoms with E-state index in [1.165, 1.54) is 12.1 Å². The highest BCUT2D eigenvalue weighted by atomic mass is 35.5. The average molecular weight is 296 g/mol. The molecule has 0 aliphatic carbocycles. The number of nitrogens with one attached hydrogen (secondary N) is 2. The molecule has 6 nitrogen and oxygen atoms in total. The maximum atomic E-state index is 11.8. The third-order valence-corrected chi connectivity index (χ3v) is 2.83. The van der Waals surface area contributed by atoms with Crippen LogP contribution in [0.15, 0.2) is 18.2 Å². The van der Waals surface area contributed by atoms with Gasteiger partial charge in [-0.05, 0) is 24.6 Å². The van der Waals surface area contributed by atoms with E-state index in [1.54, 1.807) is 13.0 Å². The maximum absolute atomic E-state index is 11.8. The van der Waals surface area contributed by atoms with Crippen molar-refractivity contribution < 1.29 is 14.7 Å². The Hall–Kier alpha value is -2.26. The maximum Gasteiger partial charge on any atom is 0.319 e. The van der Waals surface area contributed by atoms with E-state index >= 15 is 0 Å². The molecule has 0 aliphatic heterocycles. The van der Waals surface area contributed by atoms with Gasteiger partial charge >= 0.3 is 12.0 Å². The fourth-order valence-electron chi connectivity index (χ4n) is 1.57. The molecular weight excluding hydrogens is 282 g/mol. The van der Waals surface area contributed by atoms with Crippen molar-refractivity contribution >= 4 is 29.3 Å². The summed E-state index contributed by atoms with van der Waals surface area (Å²) in [4.78, 5) is 22.4. The predicted molar refractivity (Wildman–Crippen MR) is 74.7 cm³/mol. The van der Waals surface area contributed by atoms with Gasteiger partial charge in [-0.15, -0.1) is 0 Å². The molecule has 0 radical (unpaired) electrons. The summed E-state index contributed by atoms with van der Waals surface area (Å²) in [6, 6.07) is 5.38. The van der Waals surface area contributed by atoms with E-state index in [2.05, 4.69) is 10.6 Å². The number of amides is 2. The van der Waals surface area contributed by atoms with Gasteiger partial charge in [-0.25, -0.2) is 4.79 Å². The van der Waals surface area contributed by atoms with E-state index in [9.17, 15) is 9.59 Å². The zero-order chi connectivity index (χ0) is 15.1. The van der Waals surface area contributed by atoms with Crippen molar-refractivity contribution in [1.29, 1.82) is 5.26 Å². The van der Waals surface area contributed by atoms with E-state index in [1.807, 2.05) is 6.07 Å². The van der Waals surface area contributed by atoms with Crippen molar-refractivity contribution in [2.75, 3.05) is 5.32 Å². The summed E-state index contributed by atoms with van der Waals surface area (Å²) in [7, 11) is 0. The number of nitrogens with zero attached hydrogens (tertiary/aromatic N) is 1. The number of halogens is 1. The molecule has 1 atom stereocenters. The van der Waals surface area contributed by atoms with Crippen molar-refractivity contribution in [3.63, 3.8) is 0 Å². The lowest BCUT2D eigenvalue weighted by molar-refractivity contribution is -0.137. The van der Waals surface area contributed by atoms with E-state index < -0.39 is 18.0 Å². The smallest absolute Gasteiger partial charge is 0.319 e. The number of anilines is 1. The first-order valence-corrected chi connectivity index (χ1v) is 6.33. The number of aliphatic carboxylic acids is 1. The number of hydrogen-bond acceptors (Lipinski definition) is 3. The number of carboxylic acids is 1. The summed E-state index contributed by atoms with van der Waals surface area (Å²) < 4.78 is 0. The minimum atomic E-state index is -0.988. The van der Waals surface area contributed by atoms with E-state index in [0.717, 1.165) is 0 Å². The number of nitriles is 1. The first-order chi connectivity index (χ1) is 9.46. The number of carbonyl (C=O) groups excluding carboxylic acids is 1. The molecule has 0 heterocycles. The Balaban J connectivity index is 2.73. The lowest BCUT2D eigenvalue weighted by Gasteiger charge is -2.16.